The first-order chi connectivity index (χ1) is 5.91. The van der Waals surface area contributed by atoms with Crippen LogP contribution in [-0.4, -0.2) is 24.0 Å². The molecule has 8 heteroatoms. The van der Waals surface area contributed by atoms with E-state index in [-0.39, 0.29) is 41.3 Å². The summed E-state index contributed by atoms with van der Waals surface area (Å²) < 4.78 is 20.1. The Hall–Kier alpha value is 1.69. The van der Waals surface area contributed by atoms with Crippen molar-refractivity contribution in [3.8, 4) is 0 Å². The van der Waals surface area contributed by atoms with Crippen LogP contribution in [0, 0.1) is 0 Å². The molecule has 14 heavy (non-hydrogen) atoms. The van der Waals surface area contributed by atoms with Crippen molar-refractivity contribution in [2.45, 2.75) is 26.1 Å². The maximum Gasteiger partial charge on any atom is 1.00 e. The molecule has 0 aliphatic heterocycles. The fourth-order valence-corrected chi connectivity index (χ4v) is 1.90. The van der Waals surface area contributed by atoms with Crippen LogP contribution in [-0.2, 0) is 13.6 Å². The Morgan fingerprint density at radius 2 is 1.50 bits per heavy atom. The summed E-state index contributed by atoms with van der Waals surface area (Å²) in [5.41, 5.74) is 0. The van der Waals surface area contributed by atoms with E-state index in [9.17, 15) is 9.46 Å². The maximum atomic E-state index is 11.0. The van der Waals surface area contributed by atoms with Crippen molar-refractivity contribution in [3.05, 3.63) is 0 Å². The second-order valence-electron chi connectivity index (χ2n) is 2.59. The van der Waals surface area contributed by atoms with E-state index in [1.54, 1.807) is 0 Å². The van der Waals surface area contributed by atoms with E-state index in [0.717, 1.165) is 0 Å². The molecule has 0 saturated heterocycles. The minimum atomic E-state index is -4.26. The van der Waals surface area contributed by atoms with Gasteiger partial charge < -0.3 is 13.9 Å². The molecule has 0 radical (unpaired) electrons. The maximum absolute atomic E-state index is 11.0. The third-order valence-corrected chi connectivity index (χ3v) is 3.16. The standard InChI is InChI=1S/C6H13Cl2O4P.Na/c1-5(3-7)11-13(9,10)12-6(2)4-8;/h5-6H,3-4H2,1-2H3,(H,9,10);/q;+1/p-1. The van der Waals surface area contributed by atoms with Gasteiger partial charge in [-0.25, -0.2) is 0 Å². The summed E-state index contributed by atoms with van der Waals surface area (Å²) in [6.07, 6.45) is -1.18. The third-order valence-electron chi connectivity index (χ3n) is 1.05. The van der Waals surface area contributed by atoms with Gasteiger partial charge in [0, 0.05) is 11.8 Å². The van der Waals surface area contributed by atoms with Crippen LogP contribution >= 0.6 is 31.0 Å². The first-order valence-electron chi connectivity index (χ1n) is 3.71. The van der Waals surface area contributed by atoms with Gasteiger partial charge in [0.25, 0.3) is 7.82 Å². The number of phosphoric ester groups is 1. The molecule has 0 heterocycles. The van der Waals surface area contributed by atoms with Crippen molar-refractivity contribution in [1.29, 1.82) is 0 Å². The van der Waals surface area contributed by atoms with Crippen LogP contribution in [0.1, 0.15) is 13.8 Å². The Morgan fingerprint density at radius 1 is 1.21 bits per heavy atom. The quantitative estimate of drug-likeness (QED) is 0.344. The molecule has 0 aromatic carbocycles. The van der Waals surface area contributed by atoms with Gasteiger partial charge >= 0.3 is 29.6 Å². The molecule has 0 saturated carbocycles. The Kier molecular flexibility index (Phi) is 11.4. The number of halogens is 2. The van der Waals surface area contributed by atoms with Gasteiger partial charge in [-0.1, -0.05) is 0 Å². The van der Waals surface area contributed by atoms with Gasteiger partial charge in [-0.2, -0.15) is 0 Å². The summed E-state index contributed by atoms with van der Waals surface area (Å²) in [4.78, 5) is 11.0. The molecular formula is C6H12Cl2NaO4P. The molecule has 80 valence electrons. The van der Waals surface area contributed by atoms with Gasteiger partial charge in [0.1, 0.15) is 0 Å². The third kappa shape index (κ3) is 8.96. The molecule has 0 aromatic heterocycles. The van der Waals surface area contributed by atoms with Crippen molar-refractivity contribution in [3.63, 3.8) is 0 Å². The largest absolute Gasteiger partial charge is 1.00 e. The van der Waals surface area contributed by atoms with Crippen molar-refractivity contribution < 1.29 is 48.1 Å². The Balaban J connectivity index is 0. The van der Waals surface area contributed by atoms with Gasteiger partial charge in [0.05, 0.1) is 12.2 Å². The molecule has 2 atom stereocenters. The monoisotopic (exact) mass is 272 g/mol. The molecule has 2 unspecified atom stereocenters. The van der Waals surface area contributed by atoms with E-state index in [1.807, 2.05) is 0 Å². The van der Waals surface area contributed by atoms with E-state index in [4.69, 9.17) is 23.2 Å². The average molecular weight is 273 g/mol. The van der Waals surface area contributed by atoms with E-state index in [2.05, 4.69) is 9.05 Å². The minimum absolute atomic E-state index is 0. The van der Waals surface area contributed by atoms with E-state index >= 15 is 0 Å². The van der Waals surface area contributed by atoms with Crippen LogP contribution in [0.15, 0.2) is 0 Å². The van der Waals surface area contributed by atoms with E-state index < -0.39 is 20.0 Å². The van der Waals surface area contributed by atoms with E-state index in [1.165, 1.54) is 13.8 Å². The van der Waals surface area contributed by atoms with Crippen LogP contribution < -0.4 is 34.5 Å². The molecule has 0 aliphatic carbocycles. The smallest absolute Gasteiger partial charge is 0.756 e. The van der Waals surface area contributed by atoms with Gasteiger partial charge in [0.2, 0.25) is 0 Å². The zero-order valence-corrected chi connectivity index (χ0v) is 12.8. The number of hydrogen-bond acceptors (Lipinski definition) is 4. The first kappa shape index (κ1) is 18.1. The summed E-state index contributed by atoms with van der Waals surface area (Å²) in [7, 11) is -4.26. The zero-order chi connectivity index (χ0) is 10.5. The number of phosphoric acid groups is 1. The molecular weight excluding hydrogens is 261 g/mol. The molecule has 0 fully saturated rings. The molecule has 0 bridgehead atoms. The molecule has 0 amide bonds. The molecule has 0 rings (SSSR count). The molecule has 4 nitrogen and oxygen atoms in total. The fourth-order valence-electron chi connectivity index (χ4n) is 0.522. The van der Waals surface area contributed by atoms with Crippen molar-refractivity contribution >= 4 is 31.0 Å². The van der Waals surface area contributed by atoms with Gasteiger partial charge in [-0.3, -0.25) is 4.57 Å². The van der Waals surface area contributed by atoms with Gasteiger partial charge in [0.15, 0.2) is 0 Å². The Labute approximate surface area is 116 Å². The van der Waals surface area contributed by atoms with Crippen molar-refractivity contribution in [1.82, 2.24) is 0 Å². The number of alkyl halides is 2. The van der Waals surface area contributed by atoms with Crippen LogP contribution in [0.4, 0.5) is 0 Å². The average Bonchev–Trinajstić information content (AvgIpc) is 2.02. The Morgan fingerprint density at radius 3 is 1.71 bits per heavy atom. The summed E-state index contributed by atoms with van der Waals surface area (Å²) in [6, 6.07) is 0. The second-order valence-corrected chi connectivity index (χ2v) is 4.52. The van der Waals surface area contributed by atoms with Crippen LogP contribution in [0.2, 0.25) is 0 Å². The topological polar surface area (TPSA) is 58.6 Å². The van der Waals surface area contributed by atoms with Gasteiger partial charge in [-0.15, -0.1) is 23.2 Å². The summed E-state index contributed by atoms with van der Waals surface area (Å²) >= 11 is 10.7. The van der Waals surface area contributed by atoms with Crippen LogP contribution in [0.25, 0.3) is 0 Å². The predicted molar refractivity (Wildman–Crippen MR) is 50.1 cm³/mol. The fraction of sp³-hybridized carbons (Fsp3) is 1.00. The summed E-state index contributed by atoms with van der Waals surface area (Å²) in [5.74, 6) is 0.176. The Bertz CT molecular complexity index is 179. The SMILES string of the molecule is CC(CCl)OP(=O)([O-])OC(C)CCl.[Na+]. The van der Waals surface area contributed by atoms with Crippen molar-refractivity contribution in [2.24, 2.45) is 0 Å². The molecule has 0 aromatic rings. The summed E-state index contributed by atoms with van der Waals surface area (Å²) in [6.45, 7) is 3.07. The summed E-state index contributed by atoms with van der Waals surface area (Å²) in [5, 5.41) is 0. The molecule has 0 aliphatic rings. The van der Waals surface area contributed by atoms with Crippen LogP contribution in [0.3, 0.4) is 0 Å². The van der Waals surface area contributed by atoms with Crippen molar-refractivity contribution in [2.75, 3.05) is 11.8 Å². The normalized spacial score (nSPS) is 19.2. The zero-order valence-electron chi connectivity index (χ0n) is 8.41. The molecule has 0 N–H and O–H groups in total. The molecule has 0 spiro atoms. The van der Waals surface area contributed by atoms with Crippen LogP contribution in [0.5, 0.6) is 0 Å². The number of rotatable bonds is 6. The minimum Gasteiger partial charge on any atom is -0.756 e. The number of hydrogen-bond donors (Lipinski definition) is 0. The van der Waals surface area contributed by atoms with Gasteiger partial charge in [-0.05, 0) is 13.8 Å². The van der Waals surface area contributed by atoms with E-state index in [0.29, 0.717) is 0 Å². The first-order valence-corrected chi connectivity index (χ1v) is 6.24. The second kappa shape index (κ2) is 8.80. The predicted octanol–water partition coefficient (Wildman–Crippen LogP) is -1.25.